The predicted molar refractivity (Wildman–Crippen MR) is 112 cm³/mol. The third-order valence-electron chi connectivity index (χ3n) is 4.56. The molecular formula is C18H36IN3O3. The number of nitrogens with zero attached hydrogens (tertiary/aromatic N) is 2. The molecule has 0 amide bonds. The van der Waals surface area contributed by atoms with E-state index in [4.69, 9.17) is 19.2 Å². The molecule has 2 aliphatic rings. The smallest absolute Gasteiger partial charge is 0.193 e. The van der Waals surface area contributed by atoms with Gasteiger partial charge < -0.3 is 24.4 Å². The molecule has 6 nitrogen and oxygen atoms in total. The minimum absolute atomic E-state index is 0. The number of hydrogen-bond acceptors (Lipinski definition) is 4. The predicted octanol–water partition coefficient (Wildman–Crippen LogP) is 2.51. The van der Waals surface area contributed by atoms with Crippen LogP contribution in [0.25, 0.3) is 0 Å². The van der Waals surface area contributed by atoms with Gasteiger partial charge in [-0.2, -0.15) is 0 Å². The Morgan fingerprint density at radius 2 is 2.04 bits per heavy atom. The van der Waals surface area contributed by atoms with E-state index in [9.17, 15) is 0 Å². The van der Waals surface area contributed by atoms with E-state index in [0.717, 1.165) is 84.4 Å². The minimum atomic E-state index is 0. The Morgan fingerprint density at radius 1 is 1.24 bits per heavy atom. The zero-order chi connectivity index (χ0) is 17.0. The van der Waals surface area contributed by atoms with Crippen LogP contribution in [0.5, 0.6) is 0 Å². The molecule has 2 fully saturated rings. The zero-order valence-corrected chi connectivity index (χ0v) is 18.2. The summed E-state index contributed by atoms with van der Waals surface area (Å²) in [6, 6.07) is 0. The molecule has 2 aliphatic heterocycles. The molecule has 2 heterocycles. The molecule has 0 aromatic rings. The van der Waals surface area contributed by atoms with Crippen LogP contribution < -0.4 is 5.32 Å². The van der Waals surface area contributed by atoms with Gasteiger partial charge in [0.2, 0.25) is 0 Å². The molecule has 0 saturated carbocycles. The molecule has 0 bridgehead atoms. The zero-order valence-electron chi connectivity index (χ0n) is 15.9. The van der Waals surface area contributed by atoms with Gasteiger partial charge >= 0.3 is 0 Å². The highest BCUT2D eigenvalue weighted by molar-refractivity contribution is 14.0. The lowest BCUT2D eigenvalue weighted by molar-refractivity contribution is -0.0318. The molecule has 0 aromatic carbocycles. The van der Waals surface area contributed by atoms with Gasteiger partial charge in [-0.25, -0.2) is 0 Å². The lowest BCUT2D eigenvalue weighted by atomic mass is 10.1. The molecule has 1 N–H and O–H groups in total. The van der Waals surface area contributed by atoms with Gasteiger partial charge in [-0.15, -0.1) is 24.0 Å². The summed E-state index contributed by atoms with van der Waals surface area (Å²) in [6.07, 6.45) is 4.61. The van der Waals surface area contributed by atoms with Gasteiger partial charge in [-0.1, -0.05) is 0 Å². The highest BCUT2D eigenvalue weighted by atomic mass is 127. The van der Waals surface area contributed by atoms with Crippen molar-refractivity contribution in [1.29, 1.82) is 0 Å². The number of halogens is 1. The van der Waals surface area contributed by atoms with Gasteiger partial charge in [0.25, 0.3) is 0 Å². The lowest BCUT2D eigenvalue weighted by Gasteiger charge is -2.23. The fraction of sp³-hybridized carbons (Fsp3) is 0.944. The van der Waals surface area contributed by atoms with Crippen molar-refractivity contribution >= 4 is 29.9 Å². The molecule has 1 atom stereocenters. The maximum absolute atomic E-state index is 5.91. The van der Waals surface area contributed by atoms with E-state index in [-0.39, 0.29) is 24.0 Å². The average molecular weight is 469 g/mol. The van der Waals surface area contributed by atoms with Crippen LogP contribution in [0.4, 0.5) is 0 Å². The third-order valence-corrected chi connectivity index (χ3v) is 4.56. The van der Waals surface area contributed by atoms with Gasteiger partial charge in [0.1, 0.15) is 0 Å². The number of rotatable bonds is 9. The first-order chi connectivity index (χ1) is 11.8. The maximum Gasteiger partial charge on any atom is 0.193 e. The monoisotopic (exact) mass is 469 g/mol. The molecule has 0 aromatic heterocycles. The number of ether oxygens (including phenoxy) is 3. The first kappa shape index (κ1) is 22.9. The topological polar surface area (TPSA) is 55.3 Å². The van der Waals surface area contributed by atoms with Crippen LogP contribution in [0, 0.1) is 5.92 Å². The lowest BCUT2D eigenvalue weighted by Crippen LogP contribution is -2.40. The molecule has 1 unspecified atom stereocenters. The SMILES string of the molecule is CCNC(=NCCCOC1CCOCC1)N1CCC(COCC)C1.I. The number of nitrogens with one attached hydrogen (secondary N) is 1. The van der Waals surface area contributed by atoms with Crippen LogP contribution in [-0.2, 0) is 14.2 Å². The fourth-order valence-electron chi connectivity index (χ4n) is 3.21. The Kier molecular flexibility index (Phi) is 12.8. The van der Waals surface area contributed by atoms with Crippen molar-refractivity contribution in [3.05, 3.63) is 0 Å². The van der Waals surface area contributed by atoms with Gasteiger partial charge in [0, 0.05) is 58.5 Å². The van der Waals surface area contributed by atoms with E-state index < -0.39 is 0 Å². The second kappa shape index (κ2) is 14.0. The molecule has 2 rings (SSSR count). The summed E-state index contributed by atoms with van der Waals surface area (Å²) in [5.41, 5.74) is 0. The van der Waals surface area contributed by atoms with E-state index in [1.54, 1.807) is 0 Å². The molecule has 0 aliphatic carbocycles. The van der Waals surface area contributed by atoms with Gasteiger partial charge in [0.15, 0.2) is 5.96 Å². The largest absolute Gasteiger partial charge is 0.381 e. The third kappa shape index (κ3) is 8.88. The van der Waals surface area contributed by atoms with Crippen molar-refractivity contribution in [3.63, 3.8) is 0 Å². The van der Waals surface area contributed by atoms with Crippen LogP contribution in [0.3, 0.4) is 0 Å². The summed E-state index contributed by atoms with van der Waals surface area (Å²) in [7, 11) is 0. The van der Waals surface area contributed by atoms with Crippen LogP contribution >= 0.6 is 24.0 Å². The Balaban J connectivity index is 0.00000312. The van der Waals surface area contributed by atoms with Crippen molar-refractivity contribution < 1.29 is 14.2 Å². The van der Waals surface area contributed by atoms with Crippen molar-refractivity contribution in [2.24, 2.45) is 10.9 Å². The number of likely N-dealkylation sites (tertiary alicyclic amines) is 1. The second-order valence-corrected chi connectivity index (χ2v) is 6.53. The van der Waals surface area contributed by atoms with Crippen molar-refractivity contribution in [2.45, 2.75) is 45.6 Å². The first-order valence-corrected chi connectivity index (χ1v) is 9.63. The van der Waals surface area contributed by atoms with E-state index in [2.05, 4.69) is 24.1 Å². The average Bonchev–Trinajstić information content (AvgIpc) is 3.08. The van der Waals surface area contributed by atoms with Crippen LogP contribution in [0.15, 0.2) is 4.99 Å². The highest BCUT2D eigenvalue weighted by Crippen LogP contribution is 2.16. The Hall–Kier alpha value is -0.120. The summed E-state index contributed by atoms with van der Waals surface area (Å²) >= 11 is 0. The number of aliphatic imine (C=N–C) groups is 1. The Labute approximate surface area is 170 Å². The summed E-state index contributed by atoms with van der Waals surface area (Å²) in [6.45, 7) is 12.2. The Morgan fingerprint density at radius 3 is 2.76 bits per heavy atom. The Bertz CT molecular complexity index is 365. The van der Waals surface area contributed by atoms with Gasteiger partial charge in [-0.3, -0.25) is 4.99 Å². The second-order valence-electron chi connectivity index (χ2n) is 6.53. The summed E-state index contributed by atoms with van der Waals surface area (Å²) in [4.78, 5) is 7.15. The van der Waals surface area contributed by atoms with E-state index in [1.165, 1.54) is 6.42 Å². The molecule has 0 spiro atoms. The van der Waals surface area contributed by atoms with Crippen LogP contribution in [0.2, 0.25) is 0 Å². The van der Waals surface area contributed by atoms with E-state index >= 15 is 0 Å². The molecule has 7 heteroatoms. The van der Waals surface area contributed by atoms with E-state index in [0.29, 0.717) is 12.0 Å². The minimum Gasteiger partial charge on any atom is -0.381 e. The quantitative estimate of drug-likeness (QED) is 0.244. The first-order valence-electron chi connectivity index (χ1n) is 9.63. The fourth-order valence-corrected chi connectivity index (χ4v) is 3.21. The summed E-state index contributed by atoms with van der Waals surface area (Å²) in [5.74, 6) is 1.67. The van der Waals surface area contributed by atoms with Crippen molar-refractivity contribution in [1.82, 2.24) is 10.2 Å². The van der Waals surface area contributed by atoms with E-state index in [1.807, 2.05) is 0 Å². The highest BCUT2D eigenvalue weighted by Gasteiger charge is 2.24. The molecule has 0 radical (unpaired) electrons. The molecular weight excluding hydrogens is 433 g/mol. The normalized spacial score (nSPS) is 22.1. The molecule has 25 heavy (non-hydrogen) atoms. The van der Waals surface area contributed by atoms with Gasteiger partial charge in [0.05, 0.1) is 12.7 Å². The summed E-state index contributed by atoms with van der Waals surface area (Å²) in [5, 5.41) is 3.42. The van der Waals surface area contributed by atoms with Gasteiger partial charge in [-0.05, 0) is 39.5 Å². The van der Waals surface area contributed by atoms with Crippen molar-refractivity contribution in [3.8, 4) is 0 Å². The molecule has 2 saturated heterocycles. The van der Waals surface area contributed by atoms with Crippen LogP contribution in [0.1, 0.15) is 39.5 Å². The van der Waals surface area contributed by atoms with Crippen LogP contribution in [-0.4, -0.2) is 76.2 Å². The number of hydrogen-bond donors (Lipinski definition) is 1. The number of guanidine groups is 1. The summed E-state index contributed by atoms with van der Waals surface area (Å²) < 4.78 is 16.8. The standard InChI is InChI=1S/C18H35N3O3.HI/c1-3-19-18(21-10-6-16(14-21)15-22-4-2)20-9-5-11-24-17-7-12-23-13-8-17;/h16-17H,3-15H2,1-2H3,(H,19,20);1H. The maximum atomic E-state index is 5.91. The van der Waals surface area contributed by atoms with Crippen molar-refractivity contribution in [2.75, 3.05) is 59.2 Å². The molecule has 148 valence electrons.